The quantitative estimate of drug-likeness (QED) is 0.547. The van der Waals surface area contributed by atoms with Crippen LogP contribution in [0.15, 0.2) is 41.6 Å². The number of halogens is 4. The fraction of sp³-hybridized carbons (Fsp3) is 0.294. The normalized spacial score (nSPS) is 12.9. The standard InChI is InChI=1S/C17H15F4N3S/c1-3-24(25-14-7-12(8-22)9-23-10-14)16(17(19,20)21)13-4-5-15(18)11(2)6-13/h4-7,9-10,16H,3H2,1-2H3. The van der Waals surface area contributed by atoms with Gasteiger partial charge in [0.25, 0.3) is 0 Å². The molecule has 1 aromatic heterocycles. The van der Waals surface area contributed by atoms with E-state index in [4.69, 9.17) is 5.26 Å². The highest BCUT2D eigenvalue weighted by Gasteiger charge is 2.45. The third-order valence-corrected chi connectivity index (χ3v) is 4.61. The van der Waals surface area contributed by atoms with Gasteiger partial charge >= 0.3 is 6.18 Å². The van der Waals surface area contributed by atoms with Gasteiger partial charge in [-0.3, -0.25) is 4.98 Å². The Morgan fingerprint density at radius 2 is 2.00 bits per heavy atom. The molecular weight excluding hydrogens is 354 g/mol. The first-order valence-corrected chi connectivity index (χ1v) is 8.16. The average Bonchev–Trinajstić information content (AvgIpc) is 2.56. The molecule has 0 amide bonds. The van der Waals surface area contributed by atoms with Crippen LogP contribution in [0.5, 0.6) is 0 Å². The number of aryl methyl sites for hydroxylation is 1. The summed E-state index contributed by atoms with van der Waals surface area (Å²) in [5.74, 6) is -0.550. The monoisotopic (exact) mass is 369 g/mol. The van der Waals surface area contributed by atoms with E-state index in [1.54, 1.807) is 6.92 Å². The van der Waals surface area contributed by atoms with Crippen molar-refractivity contribution < 1.29 is 17.6 Å². The van der Waals surface area contributed by atoms with Crippen LogP contribution in [0.4, 0.5) is 17.6 Å². The first-order chi connectivity index (χ1) is 11.8. The Morgan fingerprint density at radius 1 is 1.28 bits per heavy atom. The molecule has 0 N–H and O–H groups in total. The van der Waals surface area contributed by atoms with Crippen molar-refractivity contribution in [3.05, 3.63) is 59.2 Å². The number of benzene rings is 1. The van der Waals surface area contributed by atoms with Crippen LogP contribution in [0.3, 0.4) is 0 Å². The van der Waals surface area contributed by atoms with E-state index in [1.165, 1.54) is 31.5 Å². The van der Waals surface area contributed by atoms with Gasteiger partial charge in [0.05, 0.1) is 5.56 Å². The molecule has 8 heteroatoms. The largest absolute Gasteiger partial charge is 0.408 e. The van der Waals surface area contributed by atoms with E-state index >= 15 is 0 Å². The molecule has 3 nitrogen and oxygen atoms in total. The molecular formula is C17H15F4N3S. The predicted molar refractivity (Wildman–Crippen MR) is 87.1 cm³/mol. The van der Waals surface area contributed by atoms with Crippen LogP contribution in [0.2, 0.25) is 0 Å². The first kappa shape index (κ1) is 19.2. The lowest BCUT2D eigenvalue weighted by Crippen LogP contribution is -2.34. The van der Waals surface area contributed by atoms with Gasteiger partial charge in [-0.05, 0) is 42.1 Å². The van der Waals surface area contributed by atoms with Crippen LogP contribution < -0.4 is 0 Å². The van der Waals surface area contributed by atoms with Crippen molar-refractivity contribution >= 4 is 11.9 Å². The summed E-state index contributed by atoms with van der Waals surface area (Å²) in [4.78, 5) is 4.29. The smallest absolute Gasteiger partial charge is 0.262 e. The van der Waals surface area contributed by atoms with Crippen LogP contribution in [-0.4, -0.2) is 22.0 Å². The number of nitriles is 1. The minimum Gasteiger partial charge on any atom is -0.262 e. The predicted octanol–water partition coefficient (Wildman–Crippen LogP) is 5.03. The fourth-order valence-corrected chi connectivity index (χ4v) is 3.36. The lowest BCUT2D eigenvalue weighted by molar-refractivity contribution is -0.172. The summed E-state index contributed by atoms with van der Waals surface area (Å²) in [6, 6.07) is 4.87. The molecule has 0 spiro atoms. The van der Waals surface area contributed by atoms with Crippen molar-refractivity contribution in [3.63, 3.8) is 0 Å². The van der Waals surface area contributed by atoms with Crippen molar-refractivity contribution in [1.82, 2.24) is 9.29 Å². The molecule has 0 radical (unpaired) electrons. The Morgan fingerprint density at radius 3 is 2.56 bits per heavy atom. The van der Waals surface area contributed by atoms with Gasteiger partial charge in [0.1, 0.15) is 17.9 Å². The molecule has 132 valence electrons. The average molecular weight is 369 g/mol. The minimum atomic E-state index is -4.55. The van der Waals surface area contributed by atoms with Crippen molar-refractivity contribution in [3.8, 4) is 6.07 Å². The Hall–Kier alpha value is -2.11. The molecule has 0 aliphatic heterocycles. The Kier molecular flexibility index (Phi) is 6.03. The summed E-state index contributed by atoms with van der Waals surface area (Å²) in [7, 11) is 0. The second kappa shape index (κ2) is 7.85. The summed E-state index contributed by atoms with van der Waals surface area (Å²) >= 11 is 0.864. The molecule has 1 atom stereocenters. The van der Waals surface area contributed by atoms with Crippen molar-refractivity contribution in [2.24, 2.45) is 0 Å². The molecule has 2 aromatic rings. The van der Waals surface area contributed by atoms with E-state index in [0.29, 0.717) is 4.90 Å². The zero-order chi connectivity index (χ0) is 18.6. The number of aromatic nitrogens is 1. The lowest BCUT2D eigenvalue weighted by atomic mass is 10.0. The maximum Gasteiger partial charge on any atom is 0.408 e. The molecule has 0 saturated carbocycles. The van der Waals surface area contributed by atoms with Crippen molar-refractivity contribution in [1.29, 1.82) is 5.26 Å². The molecule has 0 aliphatic carbocycles. The first-order valence-electron chi connectivity index (χ1n) is 7.38. The SMILES string of the molecule is CCN(Sc1cncc(C#N)c1)C(c1ccc(F)c(C)c1)C(F)(F)F. The Balaban J connectivity index is 2.40. The number of pyridine rings is 1. The molecule has 0 bridgehead atoms. The van der Waals surface area contributed by atoms with Crippen LogP contribution in [0, 0.1) is 24.1 Å². The van der Waals surface area contributed by atoms with Gasteiger partial charge in [-0.2, -0.15) is 18.4 Å². The number of rotatable bonds is 5. The van der Waals surface area contributed by atoms with Gasteiger partial charge in [0, 0.05) is 23.8 Å². The highest BCUT2D eigenvalue weighted by atomic mass is 32.2. The molecule has 1 heterocycles. The van der Waals surface area contributed by atoms with E-state index in [1.807, 2.05) is 6.07 Å². The van der Waals surface area contributed by atoms with Crippen LogP contribution >= 0.6 is 11.9 Å². The maximum absolute atomic E-state index is 13.7. The third-order valence-electron chi connectivity index (χ3n) is 3.47. The van der Waals surface area contributed by atoms with Crippen LogP contribution in [0.25, 0.3) is 0 Å². The summed E-state index contributed by atoms with van der Waals surface area (Å²) < 4.78 is 55.7. The van der Waals surface area contributed by atoms with E-state index in [-0.39, 0.29) is 23.2 Å². The van der Waals surface area contributed by atoms with Crippen LogP contribution in [0.1, 0.15) is 29.7 Å². The molecule has 0 fully saturated rings. The molecule has 2 rings (SSSR count). The van der Waals surface area contributed by atoms with Gasteiger partial charge in [-0.15, -0.1) is 0 Å². The van der Waals surface area contributed by atoms with Gasteiger partial charge in [0.2, 0.25) is 0 Å². The van der Waals surface area contributed by atoms with E-state index < -0.39 is 18.0 Å². The zero-order valence-electron chi connectivity index (χ0n) is 13.5. The Labute approximate surface area is 147 Å². The molecule has 0 aliphatic rings. The number of hydrogen-bond acceptors (Lipinski definition) is 4. The highest BCUT2D eigenvalue weighted by molar-refractivity contribution is 7.97. The van der Waals surface area contributed by atoms with Gasteiger partial charge in [-0.25, -0.2) is 8.70 Å². The topological polar surface area (TPSA) is 39.9 Å². The second-order valence-corrected chi connectivity index (χ2v) is 6.42. The summed E-state index contributed by atoms with van der Waals surface area (Å²) in [5.41, 5.74) is 0.383. The Bertz CT molecular complexity index is 786. The van der Waals surface area contributed by atoms with Gasteiger partial charge in [-0.1, -0.05) is 19.1 Å². The maximum atomic E-state index is 13.7. The lowest BCUT2D eigenvalue weighted by Gasteiger charge is -2.31. The number of alkyl halides is 3. The molecule has 1 aromatic carbocycles. The molecule has 1 unspecified atom stereocenters. The summed E-state index contributed by atoms with van der Waals surface area (Å²) in [6.07, 6.45) is -1.81. The molecule has 25 heavy (non-hydrogen) atoms. The highest BCUT2D eigenvalue weighted by Crippen LogP contribution is 2.42. The van der Waals surface area contributed by atoms with Crippen LogP contribution in [-0.2, 0) is 0 Å². The van der Waals surface area contributed by atoms with E-state index in [0.717, 1.165) is 28.4 Å². The fourth-order valence-electron chi connectivity index (χ4n) is 2.32. The summed E-state index contributed by atoms with van der Waals surface area (Å²) in [5, 5.41) is 8.90. The number of nitrogens with zero attached hydrogens (tertiary/aromatic N) is 3. The zero-order valence-corrected chi connectivity index (χ0v) is 14.3. The minimum absolute atomic E-state index is 0.0369. The van der Waals surface area contributed by atoms with Gasteiger partial charge in [0.15, 0.2) is 0 Å². The van der Waals surface area contributed by atoms with E-state index in [9.17, 15) is 17.6 Å². The van der Waals surface area contributed by atoms with Crippen molar-refractivity contribution in [2.45, 2.75) is 31.0 Å². The molecule has 0 saturated heterocycles. The van der Waals surface area contributed by atoms with Crippen molar-refractivity contribution in [2.75, 3.05) is 6.54 Å². The second-order valence-electron chi connectivity index (χ2n) is 5.30. The number of hydrogen-bond donors (Lipinski definition) is 0. The van der Waals surface area contributed by atoms with Gasteiger partial charge < -0.3 is 0 Å². The third kappa shape index (κ3) is 4.71. The summed E-state index contributed by atoms with van der Waals surface area (Å²) in [6.45, 7) is 3.11. The van der Waals surface area contributed by atoms with E-state index in [2.05, 4.69) is 4.98 Å².